The minimum absolute atomic E-state index is 0.686. The molecule has 1 aromatic heterocycles. The number of rotatable bonds is 2. The van der Waals surface area contributed by atoms with Gasteiger partial charge in [-0.1, -0.05) is 12.5 Å². The van der Waals surface area contributed by atoms with Gasteiger partial charge >= 0.3 is 0 Å². The lowest BCUT2D eigenvalue weighted by Crippen LogP contribution is -2.34. The van der Waals surface area contributed by atoms with Gasteiger partial charge in [0.1, 0.15) is 5.82 Å². The van der Waals surface area contributed by atoms with E-state index in [9.17, 15) is 0 Å². The van der Waals surface area contributed by atoms with Crippen LogP contribution in [-0.2, 0) is 0 Å². The molecule has 2 aliphatic rings. The Morgan fingerprint density at radius 1 is 1.29 bits per heavy atom. The fourth-order valence-corrected chi connectivity index (χ4v) is 3.28. The van der Waals surface area contributed by atoms with Gasteiger partial charge in [-0.15, -0.1) is 0 Å². The average molecular weight is 231 g/mol. The van der Waals surface area contributed by atoms with Gasteiger partial charge in [-0.2, -0.15) is 0 Å². The summed E-state index contributed by atoms with van der Waals surface area (Å²) in [6, 6.07) is 5.85. The van der Waals surface area contributed by atoms with E-state index in [-0.39, 0.29) is 0 Å². The molecule has 2 saturated heterocycles. The van der Waals surface area contributed by atoms with Crippen molar-refractivity contribution < 1.29 is 0 Å². The summed E-state index contributed by atoms with van der Waals surface area (Å²) in [5.74, 6) is 1.73. The van der Waals surface area contributed by atoms with E-state index in [1.807, 2.05) is 14.1 Å². The first-order chi connectivity index (χ1) is 8.24. The van der Waals surface area contributed by atoms with E-state index in [0.29, 0.717) is 12.0 Å². The standard InChI is InChI=1S/C14H21N3/c1-17(2)14-7-6-10(9-15-14)12-8-11-4-3-5-13(12)16-11/h6-7,9,11-13,16H,3-5,8H2,1-2H3. The van der Waals surface area contributed by atoms with Crippen molar-refractivity contribution in [3.05, 3.63) is 23.9 Å². The average Bonchev–Trinajstić information content (AvgIpc) is 2.64. The van der Waals surface area contributed by atoms with Gasteiger partial charge in [0.2, 0.25) is 0 Å². The van der Waals surface area contributed by atoms with Crippen molar-refractivity contribution in [3.63, 3.8) is 0 Å². The van der Waals surface area contributed by atoms with Crippen LogP contribution in [0.4, 0.5) is 5.82 Å². The molecule has 17 heavy (non-hydrogen) atoms. The molecule has 0 amide bonds. The number of nitrogens with zero attached hydrogens (tertiary/aromatic N) is 2. The third-order valence-electron chi connectivity index (χ3n) is 4.20. The molecule has 0 spiro atoms. The molecule has 3 unspecified atom stereocenters. The molecule has 0 radical (unpaired) electrons. The van der Waals surface area contributed by atoms with Crippen LogP contribution in [0.15, 0.2) is 18.3 Å². The lowest BCUT2D eigenvalue weighted by atomic mass is 9.92. The van der Waals surface area contributed by atoms with Crippen LogP contribution in [0.5, 0.6) is 0 Å². The zero-order valence-corrected chi connectivity index (χ0v) is 10.7. The molecule has 2 bridgehead atoms. The minimum Gasteiger partial charge on any atom is -0.363 e. The predicted molar refractivity (Wildman–Crippen MR) is 70.5 cm³/mol. The molecule has 0 aliphatic carbocycles. The molecule has 1 aromatic rings. The van der Waals surface area contributed by atoms with Crippen molar-refractivity contribution in [2.24, 2.45) is 0 Å². The largest absolute Gasteiger partial charge is 0.363 e. The fourth-order valence-electron chi connectivity index (χ4n) is 3.28. The maximum absolute atomic E-state index is 4.54. The van der Waals surface area contributed by atoms with E-state index < -0.39 is 0 Å². The lowest BCUT2D eigenvalue weighted by Gasteiger charge is -2.23. The van der Waals surface area contributed by atoms with Crippen LogP contribution in [0.1, 0.15) is 37.2 Å². The molecule has 3 heteroatoms. The lowest BCUT2D eigenvalue weighted by molar-refractivity contribution is 0.397. The van der Waals surface area contributed by atoms with E-state index in [1.165, 1.54) is 31.2 Å². The molecule has 0 aromatic carbocycles. The summed E-state index contributed by atoms with van der Waals surface area (Å²) in [7, 11) is 4.07. The molecule has 3 rings (SSSR count). The topological polar surface area (TPSA) is 28.2 Å². The molecular formula is C14H21N3. The second-order valence-electron chi connectivity index (χ2n) is 5.59. The maximum Gasteiger partial charge on any atom is 0.127 e. The Morgan fingerprint density at radius 3 is 2.82 bits per heavy atom. The molecule has 2 aliphatic heterocycles. The first-order valence-corrected chi connectivity index (χ1v) is 6.63. The molecule has 0 saturated carbocycles. The zero-order chi connectivity index (χ0) is 11.8. The normalized spacial score (nSPS) is 31.5. The van der Waals surface area contributed by atoms with Gasteiger partial charge in [0.25, 0.3) is 0 Å². The first-order valence-electron chi connectivity index (χ1n) is 6.63. The Labute approximate surface area is 103 Å². The Balaban J connectivity index is 1.80. The number of fused-ring (bicyclic) bond motifs is 2. The van der Waals surface area contributed by atoms with Gasteiger partial charge in [0.15, 0.2) is 0 Å². The molecule has 2 fully saturated rings. The van der Waals surface area contributed by atoms with E-state index in [2.05, 4.69) is 33.5 Å². The maximum atomic E-state index is 4.54. The Kier molecular flexibility index (Phi) is 2.79. The highest BCUT2D eigenvalue weighted by Gasteiger charge is 2.37. The number of pyridine rings is 1. The third-order valence-corrected chi connectivity index (χ3v) is 4.20. The fraction of sp³-hybridized carbons (Fsp3) is 0.643. The first kappa shape index (κ1) is 11.0. The van der Waals surface area contributed by atoms with Gasteiger partial charge in [-0.25, -0.2) is 4.98 Å². The summed E-state index contributed by atoms with van der Waals surface area (Å²) >= 11 is 0. The number of piperidine rings is 1. The number of hydrogen-bond acceptors (Lipinski definition) is 3. The summed E-state index contributed by atoms with van der Waals surface area (Å²) in [5.41, 5.74) is 1.41. The van der Waals surface area contributed by atoms with Crippen LogP contribution < -0.4 is 10.2 Å². The summed E-state index contributed by atoms with van der Waals surface area (Å²) in [4.78, 5) is 6.59. The highest BCUT2D eigenvalue weighted by atomic mass is 15.1. The van der Waals surface area contributed by atoms with E-state index in [0.717, 1.165) is 11.9 Å². The van der Waals surface area contributed by atoms with Gasteiger partial charge < -0.3 is 10.2 Å². The smallest absolute Gasteiger partial charge is 0.127 e. The SMILES string of the molecule is CN(C)c1ccc(C2CC3CCCC2N3)cn1. The molecule has 1 N–H and O–H groups in total. The van der Waals surface area contributed by atoms with Gasteiger partial charge in [0.05, 0.1) is 0 Å². The Morgan fingerprint density at radius 2 is 2.18 bits per heavy atom. The van der Waals surface area contributed by atoms with E-state index in [1.54, 1.807) is 0 Å². The quantitative estimate of drug-likeness (QED) is 0.845. The molecule has 3 heterocycles. The predicted octanol–water partition coefficient (Wildman–Crippen LogP) is 2.15. The van der Waals surface area contributed by atoms with Gasteiger partial charge in [0, 0.05) is 38.3 Å². The molecular weight excluding hydrogens is 210 g/mol. The van der Waals surface area contributed by atoms with Crippen LogP contribution in [0.3, 0.4) is 0 Å². The zero-order valence-electron chi connectivity index (χ0n) is 10.7. The van der Waals surface area contributed by atoms with Crippen molar-refractivity contribution in [2.75, 3.05) is 19.0 Å². The number of aromatic nitrogens is 1. The summed E-state index contributed by atoms with van der Waals surface area (Å²) < 4.78 is 0. The van der Waals surface area contributed by atoms with Crippen LogP contribution in [-0.4, -0.2) is 31.2 Å². The summed E-state index contributed by atoms with van der Waals surface area (Å²) in [6.45, 7) is 0. The Bertz CT molecular complexity index is 385. The van der Waals surface area contributed by atoms with Crippen LogP contribution in [0, 0.1) is 0 Å². The number of anilines is 1. The summed E-state index contributed by atoms with van der Waals surface area (Å²) in [6.07, 6.45) is 7.45. The van der Waals surface area contributed by atoms with Gasteiger partial charge in [-0.05, 0) is 30.9 Å². The highest BCUT2D eigenvalue weighted by molar-refractivity contribution is 5.38. The number of nitrogens with one attached hydrogen (secondary N) is 1. The van der Waals surface area contributed by atoms with Crippen LogP contribution in [0.2, 0.25) is 0 Å². The molecule has 3 atom stereocenters. The van der Waals surface area contributed by atoms with Crippen molar-refractivity contribution in [2.45, 2.75) is 43.7 Å². The summed E-state index contributed by atoms with van der Waals surface area (Å²) in [5, 5.41) is 3.74. The monoisotopic (exact) mass is 231 g/mol. The van der Waals surface area contributed by atoms with Crippen molar-refractivity contribution in [1.82, 2.24) is 10.3 Å². The van der Waals surface area contributed by atoms with Crippen molar-refractivity contribution in [3.8, 4) is 0 Å². The number of hydrogen-bond donors (Lipinski definition) is 1. The Hall–Kier alpha value is -1.09. The van der Waals surface area contributed by atoms with Crippen molar-refractivity contribution in [1.29, 1.82) is 0 Å². The van der Waals surface area contributed by atoms with Crippen LogP contribution >= 0.6 is 0 Å². The van der Waals surface area contributed by atoms with E-state index >= 15 is 0 Å². The van der Waals surface area contributed by atoms with Crippen molar-refractivity contribution >= 4 is 5.82 Å². The van der Waals surface area contributed by atoms with Gasteiger partial charge in [-0.3, -0.25) is 0 Å². The molecule has 3 nitrogen and oxygen atoms in total. The molecule has 92 valence electrons. The second kappa shape index (κ2) is 4.30. The minimum atomic E-state index is 0.686. The van der Waals surface area contributed by atoms with E-state index in [4.69, 9.17) is 0 Å². The second-order valence-corrected chi connectivity index (χ2v) is 5.59. The third kappa shape index (κ3) is 2.04. The van der Waals surface area contributed by atoms with Crippen LogP contribution in [0.25, 0.3) is 0 Å². The highest BCUT2D eigenvalue weighted by Crippen LogP contribution is 2.38.